The molecule has 1 saturated heterocycles. The van der Waals surface area contributed by atoms with Gasteiger partial charge in [0.05, 0.1) is 11.2 Å². The van der Waals surface area contributed by atoms with Crippen LogP contribution < -0.4 is 20.7 Å². The second-order valence-electron chi connectivity index (χ2n) is 11.8. The minimum Gasteiger partial charge on any atom is -0.384 e. The van der Waals surface area contributed by atoms with Gasteiger partial charge in [-0.05, 0) is 59.5 Å². The van der Waals surface area contributed by atoms with Gasteiger partial charge < -0.3 is 21.3 Å². The number of sulfonamides is 1. The molecule has 3 amide bonds. The largest absolute Gasteiger partial charge is 0.384 e. The number of nitrogens with zero attached hydrogens (tertiary/aromatic N) is 3. The molecule has 49 heavy (non-hydrogen) atoms. The van der Waals surface area contributed by atoms with Gasteiger partial charge >= 0.3 is 0 Å². The number of nitrogen functional groups attached to an aromatic ring is 1. The van der Waals surface area contributed by atoms with Crippen molar-refractivity contribution in [1.82, 2.24) is 20.5 Å². The minimum absolute atomic E-state index is 0.0417. The van der Waals surface area contributed by atoms with Crippen molar-refractivity contribution in [2.24, 2.45) is 5.73 Å². The first-order valence-corrected chi connectivity index (χ1v) is 17.1. The molecular weight excluding hydrogens is 643 g/mol. The number of para-hydroxylation sites is 1. The number of fused-ring (bicyclic) bond motifs is 2. The van der Waals surface area contributed by atoms with Crippen molar-refractivity contribution in [3.8, 4) is 0 Å². The number of carbonyl (C=O) groups excluding carboxylic acids is 3. The number of amidine groups is 1. The Bertz CT molecular complexity index is 2200. The summed E-state index contributed by atoms with van der Waals surface area (Å²) in [5.41, 5.74) is 7.82. The van der Waals surface area contributed by atoms with Crippen LogP contribution in [0.4, 0.5) is 5.69 Å². The number of amides is 3. The lowest BCUT2D eigenvalue weighted by atomic mass is 10.0. The number of hydrogen-bond acceptors (Lipinski definition) is 7. The van der Waals surface area contributed by atoms with Crippen LogP contribution in [0.25, 0.3) is 21.7 Å². The number of anilines is 1. The van der Waals surface area contributed by atoms with Crippen LogP contribution in [0.2, 0.25) is 0 Å². The Hall–Kier alpha value is -5.82. The first kappa shape index (κ1) is 33.1. The summed E-state index contributed by atoms with van der Waals surface area (Å²) in [6.07, 6.45) is 2.27. The molecule has 13 heteroatoms. The van der Waals surface area contributed by atoms with Crippen LogP contribution in [0.3, 0.4) is 0 Å². The van der Waals surface area contributed by atoms with Crippen molar-refractivity contribution >= 4 is 60.9 Å². The van der Waals surface area contributed by atoms with Gasteiger partial charge in [0.2, 0.25) is 11.8 Å². The predicted molar refractivity (Wildman–Crippen MR) is 187 cm³/mol. The van der Waals surface area contributed by atoms with E-state index in [0.717, 1.165) is 16.3 Å². The Balaban J connectivity index is 1.33. The Morgan fingerprint density at radius 2 is 1.71 bits per heavy atom. The van der Waals surface area contributed by atoms with E-state index in [1.54, 1.807) is 89.8 Å². The second kappa shape index (κ2) is 13.7. The maximum atomic E-state index is 14.4. The molecule has 1 aliphatic rings. The molecule has 0 radical (unpaired) electrons. The summed E-state index contributed by atoms with van der Waals surface area (Å²) in [4.78, 5) is 44.8. The number of likely N-dealkylation sites (tertiary alicyclic amines) is 1. The first-order chi connectivity index (χ1) is 23.5. The molecule has 0 spiro atoms. The summed E-state index contributed by atoms with van der Waals surface area (Å²) in [6, 6.07) is 25.3. The van der Waals surface area contributed by atoms with Crippen LogP contribution in [0.5, 0.6) is 0 Å². The Morgan fingerprint density at radius 1 is 0.980 bits per heavy atom. The highest BCUT2D eigenvalue weighted by Gasteiger charge is 2.32. The maximum absolute atomic E-state index is 14.4. The molecule has 6 rings (SSSR count). The van der Waals surface area contributed by atoms with E-state index in [2.05, 4.69) is 15.6 Å². The fourth-order valence-electron chi connectivity index (χ4n) is 6.08. The normalized spacial score (nSPS) is 14.5. The van der Waals surface area contributed by atoms with Crippen LogP contribution in [0.1, 0.15) is 41.3 Å². The lowest BCUT2D eigenvalue weighted by Crippen LogP contribution is -2.50. The van der Waals surface area contributed by atoms with Gasteiger partial charge in [0.1, 0.15) is 23.4 Å². The molecule has 5 aromatic rings. The number of nitrogens with two attached hydrogens (primary N) is 1. The molecule has 1 fully saturated rings. The van der Waals surface area contributed by atoms with Crippen molar-refractivity contribution in [3.05, 3.63) is 114 Å². The molecule has 0 bridgehead atoms. The standard InChI is InChI=1S/C36H35N7O5S/c1-23(44)42-19-5-11-32(42)41-33(45)22-43(49(47,48)31-10-3-6-25-8-4-18-39-34(25)31)28-16-17-29-27(20-28)7-2-9-30(29)36(46)40-21-24-12-14-26(15-13-24)35(37)38/h2-4,6-10,12-18,20,32H,5,11,19,21-22H2,1H3,(H3,37,38)(H,40,46)(H,41,45). The van der Waals surface area contributed by atoms with Gasteiger partial charge in [-0.3, -0.25) is 29.1 Å². The van der Waals surface area contributed by atoms with Crippen LogP contribution in [0, 0.1) is 5.41 Å². The van der Waals surface area contributed by atoms with Gasteiger partial charge in [0.25, 0.3) is 15.9 Å². The van der Waals surface area contributed by atoms with Gasteiger partial charge in [-0.25, -0.2) is 8.42 Å². The third-order valence-corrected chi connectivity index (χ3v) is 10.4. The summed E-state index contributed by atoms with van der Waals surface area (Å²) in [6.45, 7) is 1.64. The Kier molecular flexibility index (Phi) is 9.27. The fraction of sp³-hybridized carbons (Fsp3) is 0.194. The molecular formula is C36H35N7O5S. The molecule has 1 unspecified atom stereocenters. The molecule has 12 nitrogen and oxygen atoms in total. The number of carbonyl (C=O) groups is 3. The summed E-state index contributed by atoms with van der Waals surface area (Å²) in [7, 11) is -4.35. The van der Waals surface area contributed by atoms with Crippen LogP contribution in [-0.4, -0.2) is 61.1 Å². The van der Waals surface area contributed by atoms with Crippen LogP contribution in [0.15, 0.2) is 102 Å². The highest BCUT2D eigenvalue weighted by atomic mass is 32.2. The number of rotatable bonds is 10. The fourth-order valence-corrected chi connectivity index (χ4v) is 7.66. The van der Waals surface area contributed by atoms with E-state index < -0.39 is 28.6 Å². The van der Waals surface area contributed by atoms with Crippen molar-refractivity contribution in [2.75, 3.05) is 17.4 Å². The van der Waals surface area contributed by atoms with Gasteiger partial charge in [-0.15, -0.1) is 0 Å². The average Bonchev–Trinajstić information content (AvgIpc) is 3.57. The SMILES string of the molecule is CC(=O)N1CCCC1NC(=O)CN(c1ccc2c(C(=O)NCc3ccc(C(=N)N)cc3)cccc2c1)S(=O)(=O)c1cccc2cccnc12. The molecule has 4 aromatic carbocycles. The molecule has 1 aliphatic heterocycles. The Morgan fingerprint density at radius 3 is 2.47 bits per heavy atom. The van der Waals surface area contributed by atoms with Gasteiger partial charge in [-0.2, -0.15) is 0 Å². The number of nitrogens with one attached hydrogen (secondary N) is 3. The van der Waals surface area contributed by atoms with E-state index >= 15 is 0 Å². The van der Waals surface area contributed by atoms with Gasteiger partial charge in [-0.1, -0.05) is 60.7 Å². The van der Waals surface area contributed by atoms with Crippen LogP contribution >= 0.6 is 0 Å². The molecule has 2 heterocycles. The molecule has 1 aromatic heterocycles. The average molecular weight is 678 g/mol. The highest BCUT2D eigenvalue weighted by molar-refractivity contribution is 7.93. The second-order valence-corrected chi connectivity index (χ2v) is 13.6. The molecule has 5 N–H and O–H groups in total. The number of aromatic nitrogens is 1. The summed E-state index contributed by atoms with van der Waals surface area (Å²) >= 11 is 0. The summed E-state index contributed by atoms with van der Waals surface area (Å²) in [5, 5.41) is 15.1. The van der Waals surface area contributed by atoms with E-state index in [1.165, 1.54) is 19.2 Å². The lowest BCUT2D eigenvalue weighted by molar-refractivity contribution is -0.131. The number of hydrogen-bond donors (Lipinski definition) is 4. The molecule has 0 saturated carbocycles. The van der Waals surface area contributed by atoms with E-state index in [9.17, 15) is 22.8 Å². The van der Waals surface area contributed by atoms with Crippen LogP contribution in [-0.2, 0) is 26.2 Å². The van der Waals surface area contributed by atoms with E-state index in [4.69, 9.17) is 11.1 Å². The minimum atomic E-state index is -4.35. The number of pyridine rings is 1. The monoisotopic (exact) mass is 677 g/mol. The summed E-state index contributed by atoms with van der Waals surface area (Å²) in [5.74, 6) is -1.11. The van der Waals surface area contributed by atoms with Crippen molar-refractivity contribution < 1.29 is 22.8 Å². The predicted octanol–water partition coefficient (Wildman–Crippen LogP) is 3.88. The maximum Gasteiger partial charge on any atom is 0.266 e. The van der Waals surface area contributed by atoms with Crippen molar-refractivity contribution in [2.45, 2.75) is 37.4 Å². The first-order valence-electron chi connectivity index (χ1n) is 15.7. The molecule has 0 aliphatic carbocycles. The van der Waals surface area contributed by atoms with Gasteiger partial charge in [0, 0.05) is 42.7 Å². The van der Waals surface area contributed by atoms with E-state index in [1.807, 2.05) is 0 Å². The van der Waals surface area contributed by atoms with Crippen molar-refractivity contribution in [3.63, 3.8) is 0 Å². The zero-order chi connectivity index (χ0) is 34.7. The zero-order valence-electron chi connectivity index (χ0n) is 26.7. The zero-order valence-corrected chi connectivity index (χ0v) is 27.5. The highest BCUT2D eigenvalue weighted by Crippen LogP contribution is 2.31. The summed E-state index contributed by atoms with van der Waals surface area (Å²) < 4.78 is 29.9. The quantitative estimate of drug-likeness (QED) is 0.128. The molecule has 1 atom stereocenters. The smallest absolute Gasteiger partial charge is 0.266 e. The third-order valence-electron chi connectivity index (χ3n) is 8.55. The Labute approximate surface area is 283 Å². The molecule has 250 valence electrons. The van der Waals surface area contributed by atoms with E-state index in [-0.39, 0.29) is 40.3 Å². The lowest BCUT2D eigenvalue weighted by Gasteiger charge is -2.28. The number of benzene rings is 4. The third kappa shape index (κ3) is 6.92. The van der Waals surface area contributed by atoms with E-state index in [0.29, 0.717) is 40.3 Å². The van der Waals surface area contributed by atoms with Crippen molar-refractivity contribution in [1.29, 1.82) is 5.41 Å². The topological polar surface area (TPSA) is 179 Å². The van der Waals surface area contributed by atoms with Gasteiger partial charge in [0.15, 0.2) is 0 Å².